The van der Waals surface area contributed by atoms with Crippen molar-refractivity contribution in [2.45, 2.75) is 13.8 Å². The van der Waals surface area contributed by atoms with Crippen LogP contribution in [0.3, 0.4) is 0 Å². The normalized spacial score (nSPS) is 10.5. The maximum absolute atomic E-state index is 6.12. The first kappa shape index (κ1) is 11.4. The Balaban J connectivity index is 2.66. The first-order valence-corrected chi connectivity index (χ1v) is 5.61. The quantitative estimate of drug-likeness (QED) is 0.765. The number of rotatable bonds is 1. The van der Waals surface area contributed by atoms with Gasteiger partial charge in [0.05, 0.1) is 10.7 Å². The third kappa shape index (κ3) is 1.91. The van der Waals surface area contributed by atoms with Crippen LogP contribution in [-0.4, -0.2) is 10.2 Å². The fraction of sp³-hybridized carbons (Fsp3) is 0.167. The van der Waals surface area contributed by atoms with E-state index in [1.54, 1.807) is 0 Å². The fourth-order valence-electron chi connectivity index (χ4n) is 1.49. The topological polar surface area (TPSA) is 25.8 Å². The van der Waals surface area contributed by atoms with Crippen molar-refractivity contribution in [3.63, 3.8) is 0 Å². The van der Waals surface area contributed by atoms with Crippen molar-refractivity contribution in [2.24, 2.45) is 0 Å². The van der Waals surface area contributed by atoms with Gasteiger partial charge in [-0.25, -0.2) is 0 Å². The van der Waals surface area contributed by atoms with Crippen LogP contribution < -0.4 is 0 Å². The number of hydrogen-bond acceptors (Lipinski definition) is 2. The summed E-state index contributed by atoms with van der Waals surface area (Å²) in [5.41, 5.74) is 3.61. The van der Waals surface area contributed by atoms with E-state index in [-0.39, 0.29) is 0 Å². The van der Waals surface area contributed by atoms with Crippen LogP contribution in [0.5, 0.6) is 0 Å². The summed E-state index contributed by atoms with van der Waals surface area (Å²) < 4.78 is 0. The van der Waals surface area contributed by atoms with Crippen LogP contribution in [0.15, 0.2) is 24.3 Å². The minimum Gasteiger partial charge on any atom is -0.149 e. The fourth-order valence-corrected chi connectivity index (χ4v) is 1.89. The lowest BCUT2D eigenvalue weighted by molar-refractivity contribution is 1.00. The molecule has 0 radical (unpaired) electrons. The highest BCUT2D eigenvalue weighted by Crippen LogP contribution is 2.30. The smallest absolute Gasteiger partial charge is 0.149 e. The van der Waals surface area contributed by atoms with Gasteiger partial charge in [-0.2, -0.15) is 0 Å². The van der Waals surface area contributed by atoms with Gasteiger partial charge in [-0.15, -0.1) is 10.2 Å². The van der Waals surface area contributed by atoms with Crippen molar-refractivity contribution >= 4 is 23.2 Å². The summed E-state index contributed by atoms with van der Waals surface area (Å²) in [6.45, 7) is 3.89. The molecule has 2 nitrogen and oxygen atoms in total. The predicted molar refractivity (Wildman–Crippen MR) is 67.0 cm³/mol. The lowest BCUT2D eigenvalue weighted by atomic mass is 10.0. The van der Waals surface area contributed by atoms with Gasteiger partial charge in [0.25, 0.3) is 0 Å². The zero-order valence-corrected chi connectivity index (χ0v) is 10.5. The maximum Gasteiger partial charge on any atom is 0.154 e. The second kappa shape index (κ2) is 4.40. The van der Waals surface area contributed by atoms with Gasteiger partial charge in [-0.1, -0.05) is 41.4 Å². The summed E-state index contributed by atoms with van der Waals surface area (Å²) in [6.07, 6.45) is 0. The van der Waals surface area contributed by atoms with Crippen LogP contribution in [0, 0.1) is 13.8 Å². The average Bonchev–Trinajstić information content (AvgIpc) is 2.28. The number of nitrogens with zero attached hydrogens (tertiary/aromatic N) is 2. The minimum atomic E-state index is 0.438. The Kier molecular flexibility index (Phi) is 3.13. The van der Waals surface area contributed by atoms with Gasteiger partial charge in [0.15, 0.2) is 5.15 Å². The van der Waals surface area contributed by atoms with Crippen molar-refractivity contribution < 1.29 is 0 Å². The molecule has 16 heavy (non-hydrogen) atoms. The van der Waals surface area contributed by atoms with E-state index in [1.807, 2.05) is 38.1 Å². The number of aromatic nitrogens is 2. The Hall–Kier alpha value is -1.12. The lowest BCUT2D eigenvalue weighted by Gasteiger charge is -2.09. The van der Waals surface area contributed by atoms with Gasteiger partial charge in [0.1, 0.15) is 0 Å². The van der Waals surface area contributed by atoms with Crippen LogP contribution in [0.2, 0.25) is 10.2 Å². The van der Waals surface area contributed by atoms with Gasteiger partial charge in [-0.3, -0.25) is 0 Å². The zero-order valence-electron chi connectivity index (χ0n) is 8.96. The van der Waals surface area contributed by atoms with Gasteiger partial charge >= 0.3 is 0 Å². The van der Waals surface area contributed by atoms with E-state index in [9.17, 15) is 0 Å². The standard InChI is InChI=1S/C12H10Cl2N2/c1-7-8(2)12(14)16-15-11(7)9-5-3-4-6-10(9)13/h3-6H,1-2H3. The predicted octanol–water partition coefficient (Wildman–Crippen LogP) is 4.07. The van der Waals surface area contributed by atoms with Crippen LogP contribution in [0.25, 0.3) is 11.3 Å². The van der Waals surface area contributed by atoms with Crippen molar-refractivity contribution in [1.82, 2.24) is 10.2 Å². The SMILES string of the molecule is Cc1c(Cl)nnc(-c2ccccc2Cl)c1C. The summed E-state index contributed by atoms with van der Waals surface area (Å²) in [5, 5.41) is 9.12. The molecule has 0 saturated heterocycles. The highest BCUT2D eigenvalue weighted by molar-refractivity contribution is 6.33. The summed E-state index contributed by atoms with van der Waals surface area (Å²) in [6, 6.07) is 7.57. The van der Waals surface area contributed by atoms with Crippen LogP contribution in [-0.2, 0) is 0 Å². The summed E-state index contributed by atoms with van der Waals surface area (Å²) in [5.74, 6) is 0. The summed E-state index contributed by atoms with van der Waals surface area (Å²) in [4.78, 5) is 0. The molecule has 1 aromatic carbocycles. The van der Waals surface area contributed by atoms with E-state index in [1.165, 1.54) is 0 Å². The van der Waals surface area contributed by atoms with E-state index >= 15 is 0 Å². The van der Waals surface area contributed by atoms with Crippen molar-refractivity contribution in [3.05, 3.63) is 45.6 Å². The molecule has 0 aliphatic carbocycles. The van der Waals surface area contributed by atoms with Crippen LogP contribution in [0.1, 0.15) is 11.1 Å². The second-order valence-corrected chi connectivity index (χ2v) is 4.33. The highest BCUT2D eigenvalue weighted by atomic mass is 35.5. The molecule has 0 aliphatic rings. The number of benzene rings is 1. The lowest BCUT2D eigenvalue weighted by Crippen LogP contribution is -1.96. The average molecular weight is 253 g/mol. The molecular weight excluding hydrogens is 243 g/mol. The molecule has 1 aromatic heterocycles. The van der Waals surface area contributed by atoms with E-state index in [2.05, 4.69) is 10.2 Å². The Bertz CT molecular complexity index is 539. The molecule has 0 amide bonds. The van der Waals surface area contributed by atoms with E-state index in [0.29, 0.717) is 10.2 Å². The van der Waals surface area contributed by atoms with Crippen LogP contribution in [0.4, 0.5) is 0 Å². The minimum absolute atomic E-state index is 0.438. The Morgan fingerprint density at radius 1 is 0.938 bits per heavy atom. The molecule has 82 valence electrons. The maximum atomic E-state index is 6.12. The van der Waals surface area contributed by atoms with Crippen molar-refractivity contribution in [2.75, 3.05) is 0 Å². The van der Waals surface area contributed by atoms with Gasteiger partial charge in [-0.05, 0) is 31.0 Å². The Morgan fingerprint density at radius 2 is 1.62 bits per heavy atom. The summed E-state index contributed by atoms with van der Waals surface area (Å²) >= 11 is 12.0. The molecule has 0 N–H and O–H groups in total. The van der Waals surface area contributed by atoms with E-state index in [4.69, 9.17) is 23.2 Å². The third-order valence-electron chi connectivity index (χ3n) is 2.59. The highest BCUT2D eigenvalue weighted by Gasteiger charge is 2.12. The molecule has 2 aromatic rings. The van der Waals surface area contributed by atoms with E-state index in [0.717, 1.165) is 22.4 Å². The molecular formula is C12H10Cl2N2. The molecule has 0 atom stereocenters. The molecule has 1 heterocycles. The molecule has 0 saturated carbocycles. The number of halogens is 2. The molecule has 4 heteroatoms. The first-order chi connectivity index (χ1) is 7.61. The van der Waals surface area contributed by atoms with Gasteiger partial charge in [0.2, 0.25) is 0 Å². The van der Waals surface area contributed by atoms with Crippen molar-refractivity contribution in [1.29, 1.82) is 0 Å². The number of hydrogen-bond donors (Lipinski definition) is 0. The molecule has 0 bridgehead atoms. The monoisotopic (exact) mass is 252 g/mol. The molecule has 2 rings (SSSR count). The van der Waals surface area contributed by atoms with Crippen LogP contribution >= 0.6 is 23.2 Å². The summed E-state index contributed by atoms with van der Waals surface area (Å²) in [7, 11) is 0. The second-order valence-electron chi connectivity index (χ2n) is 3.57. The molecule has 0 aliphatic heterocycles. The van der Waals surface area contributed by atoms with Gasteiger partial charge < -0.3 is 0 Å². The molecule has 0 unspecified atom stereocenters. The van der Waals surface area contributed by atoms with Crippen molar-refractivity contribution in [3.8, 4) is 11.3 Å². The molecule has 0 fully saturated rings. The van der Waals surface area contributed by atoms with Gasteiger partial charge in [0, 0.05) is 5.56 Å². The Morgan fingerprint density at radius 3 is 2.31 bits per heavy atom. The van der Waals surface area contributed by atoms with E-state index < -0.39 is 0 Å². The molecule has 0 spiro atoms. The first-order valence-electron chi connectivity index (χ1n) is 4.85. The third-order valence-corrected chi connectivity index (χ3v) is 3.28. The largest absolute Gasteiger partial charge is 0.154 e. The zero-order chi connectivity index (χ0) is 11.7. The Labute approximate surface area is 104 Å².